The van der Waals surface area contributed by atoms with E-state index in [0.29, 0.717) is 0 Å². The molecule has 0 atom stereocenters. The Bertz CT molecular complexity index is 576. The van der Waals surface area contributed by atoms with Gasteiger partial charge in [0, 0.05) is 5.69 Å². The summed E-state index contributed by atoms with van der Waals surface area (Å²) in [6, 6.07) is 13.8. The quantitative estimate of drug-likeness (QED) is 0.723. The van der Waals surface area contributed by atoms with E-state index in [1.807, 2.05) is 42.5 Å². The van der Waals surface area contributed by atoms with Crippen molar-refractivity contribution in [3.8, 4) is 5.75 Å². The third kappa shape index (κ3) is 4.95. The maximum atomic E-state index is 5.15. The fraction of sp³-hybridized carbons (Fsp3) is 0.278. The molecule has 3 nitrogen and oxygen atoms in total. The first kappa shape index (κ1) is 15.1. The zero-order chi connectivity index (χ0) is 14.9. The lowest BCUT2D eigenvalue weighted by Crippen LogP contribution is -1.94. The van der Waals surface area contributed by atoms with Gasteiger partial charge < -0.3 is 10.1 Å². The summed E-state index contributed by atoms with van der Waals surface area (Å²) in [5.41, 5.74) is 1.97. The van der Waals surface area contributed by atoms with Crippen LogP contribution >= 0.6 is 0 Å². The van der Waals surface area contributed by atoms with E-state index in [1.165, 1.54) is 12.8 Å². The van der Waals surface area contributed by atoms with Crippen molar-refractivity contribution in [3.05, 3.63) is 54.2 Å². The summed E-state index contributed by atoms with van der Waals surface area (Å²) in [6.45, 7) is 2.20. The molecule has 0 spiro atoms. The van der Waals surface area contributed by atoms with Crippen molar-refractivity contribution in [1.82, 2.24) is 4.98 Å². The number of nitrogens with zero attached hydrogens (tertiary/aromatic N) is 1. The van der Waals surface area contributed by atoms with Crippen LogP contribution in [0.5, 0.6) is 5.75 Å². The Morgan fingerprint density at radius 2 is 1.95 bits per heavy atom. The minimum absolute atomic E-state index is 0.845. The van der Waals surface area contributed by atoms with Crippen LogP contribution in [-0.2, 0) is 0 Å². The van der Waals surface area contributed by atoms with E-state index >= 15 is 0 Å². The van der Waals surface area contributed by atoms with Crippen LogP contribution in [0, 0.1) is 0 Å². The number of hydrogen-bond donors (Lipinski definition) is 1. The fourth-order valence-corrected chi connectivity index (χ4v) is 1.96. The average molecular weight is 282 g/mol. The van der Waals surface area contributed by atoms with Gasteiger partial charge in [0.05, 0.1) is 12.8 Å². The lowest BCUT2D eigenvalue weighted by Gasteiger charge is -2.07. The number of methoxy groups -OCH3 is 1. The van der Waals surface area contributed by atoms with Crippen LogP contribution in [0.15, 0.2) is 48.5 Å². The molecule has 0 aliphatic carbocycles. The number of nitrogens with one attached hydrogen (secondary N) is 1. The SMILES string of the molecule is CCCC/C=C/c1cccc(Nc2ccc(OC)cc2)n1. The number of hydrogen-bond acceptors (Lipinski definition) is 3. The fourth-order valence-electron chi connectivity index (χ4n) is 1.96. The van der Waals surface area contributed by atoms with E-state index in [2.05, 4.69) is 29.4 Å². The van der Waals surface area contributed by atoms with Gasteiger partial charge in [0.25, 0.3) is 0 Å². The van der Waals surface area contributed by atoms with E-state index in [4.69, 9.17) is 4.74 Å². The summed E-state index contributed by atoms with van der Waals surface area (Å²) in [5, 5.41) is 3.30. The molecule has 0 amide bonds. The summed E-state index contributed by atoms with van der Waals surface area (Å²) >= 11 is 0. The second kappa shape index (κ2) is 8.10. The molecule has 0 saturated carbocycles. The first-order chi connectivity index (χ1) is 10.3. The number of unbranched alkanes of at least 4 members (excludes halogenated alkanes) is 2. The number of aromatic nitrogens is 1. The molecule has 1 aromatic carbocycles. The zero-order valence-electron chi connectivity index (χ0n) is 12.7. The second-order valence-electron chi connectivity index (χ2n) is 4.85. The highest BCUT2D eigenvalue weighted by molar-refractivity contribution is 5.59. The van der Waals surface area contributed by atoms with Crippen LogP contribution in [0.3, 0.4) is 0 Å². The van der Waals surface area contributed by atoms with Crippen LogP contribution in [0.25, 0.3) is 6.08 Å². The monoisotopic (exact) mass is 282 g/mol. The summed E-state index contributed by atoms with van der Waals surface area (Å²) in [4.78, 5) is 4.58. The molecule has 0 bridgehead atoms. The van der Waals surface area contributed by atoms with Gasteiger partial charge in [-0.05, 0) is 48.9 Å². The molecule has 1 aromatic heterocycles. The molecule has 21 heavy (non-hydrogen) atoms. The Morgan fingerprint density at radius 1 is 1.14 bits per heavy atom. The zero-order valence-corrected chi connectivity index (χ0v) is 12.7. The third-order valence-electron chi connectivity index (χ3n) is 3.15. The molecule has 0 fully saturated rings. The number of rotatable bonds is 7. The van der Waals surface area contributed by atoms with Gasteiger partial charge in [0.1, 0.15) is 11.6 Å². The van der Waals surface area contributed by atoms with Gasteiger partial charge in [-0.15, -0.1) is 0 Å². The van der Waals surface area contributed by atoms with Crippen molar-refractivity contribution in [2.45, 2.75) is 26.2 Å². The van der Waals surface area contributed by atoms with Crippen LogP contribution in [0.2, 0.25) is 0 Å². The van der Waals surface area contributed by atoms with Crippen molar-refractivity contribution in [2.75, 3.05) is 12.4 Å². The van der Waals surface area contributed by atoms with Gasteiger partial charge in [-0.2, -0.15) is 0 Å². The van der Waals surface area contributed by atoms with E-state index in [1.54, 1.807) is 7.11 Å². The van der Waals surface area contributed by atoms with Gasteiger partial charge in [-0.1, -0.05) is 31.9 Å². The van der Waals surface area contributed by atoms with Crippen molar-refractivity contribution < 1.29 is 4.74 Å². The molecular formula is C18H22N2O. The van der Waals surface area contributed by atoms with Crippen molar-refractivity contribution in [1.29, 1.82) is 0 Å². The first-order valence-corrected chi connectivity index (χ1v) is 7.36. The molecule has 3 heteroatoms. The minimum Gasteiger partial charge on any atom is -0.497 e. The maximum Gasteiger partial charge on any atom is 0.131 e. The third-order valence-corrected chi connectivity index (χ3v) is 3.15. The summed E-state index contributed by atoms with van der Waals surface area (Å²) in [7, 11) is 1.67. The van der Waals surface area contributed by atoms with Crippen LogP contribution in [0.4, 0.5) is 11.5 Å². The first-order valence-electron chi connectivity index (χ1n) is 7.36. The molecular weight excluding hydrogens is 260 g/mol. The number of benzene rings is 1. The maximum absolute atomic E-state index is 5.15. The number of anilines is 2. The van der Waals surface area contributed by atoms with Crippen LogP contribution < -0.4 is 10.1 Å². The van der Waals surface area contributed by atoms with E-state index in [9.17, 15) is 0 Å². The standard InChI is InChI=1S/C18H22N2O/c1-3-4-5-6-8-15-9-7-10-18(19-15)20-16-11-13-17(21-2)14-12-16/h6-14H,3-5H2,1-2H3,(H,19,20)/b8-6+. The van der Waals surface area contributed by atoms with Gasteiger partial charge in [-0.25, -0.2) is 4.98 Å². The average Bonchev–Trinajstić information content (AvgIpc) is 2.53. The summed E-state index contributed by atoms with van der Waals surface area (Å²) < 4.78 is 5.15. The topological polar surface area (TPSA) is 34.1 Å². The molecule has 2 aromatic rings. The molecule has 0 aliphatic heterocycles. The van der Waals surface area contributed by atoms with E-state index in [0.717, 1.165) is 29.4 Å². The van der Waals surface area contributed by atoms with Gasteiger partial charge >= 0.3 is 0 Å². The normalized spacial score (nSPS) is 10.8. The Kier molecular flexibility index (Phi) is 5.83. The molecule has 0 aliphatic rings. The lowest BCUT2D eigenvalue weighted by molar-refractivity contribution is 0.415. The van der Waals surface area contributed by atoms with Crippen LogP contribution in [0.1, 0.15) is 31.9 Å². The van der Waals surface area contributed by atoms with E-state index in [-0.39, 0.29) is 0 Å². The van der Waals surface area contributed by atoms with Crippen molar-refractivity contribution >= 4 is 17.6 Å². The highest BCUT2D eigenvalue weighted by Crippen LogP contribution is 2.19. The minimum atomic E-state index is 0.845. The van der Waals surface area contributed by atoms with Gasteiger partial charge in [0.2, 0.25) is 0 Å². The Hall–Kier alpha value is -2.29. The van der Waals surface area contributed by atoms with E-state index < -0.39 is 0 Å². The summed E-state index contributed by atoms with van der Waals surface area (Å²) in [6.07, 6.45) is 7.81. The molecule has 0 saturated heterocycles. The Balaban J connectivity index is 2.01. The molecule has 110 valence electrons. The Labute approximate surface area is 126 Å². The van der Waals surface area contributed by atoms with Crippen molar-refractivity contribution in [3.63, 3.8) is 0 Å². The second-order valence-corrected chi connectivity index (χ2v) is 4.85. The molecule has 1 N–H and O–H groups in total. The Morgan fingerprint density at radius 3 is 2.67 bits per heavy atom. The number of allylic oxidation sites excluding steroid dienone is 1. The molecule has 0 unspecified atom stereocenters. The smallest absolute Gasteiger partial charge is 0.131 e. The predicted octanol–water partition coefficient (Wildman–Crippen LogP) is 5.04. The number of pyridine rings is 1. The molecule has 1 heterocycles. The predicted molar refractivity (Wildman–Crippen MR) is 89.1 cm³/mol. The highest BCUT2D eigenvalue weighted by atomic mass is 16.5. The van der Waals surface area contributed by atoms with Crippen LogP contribution in [-0.4, -0.2) is 12.1 Å². The highest BCUT2D eigenvalue weighted by Gasteiger charge is 1.97. The summed E-state index contributed by atoms with van der Waals surface area (Å²) in [5.74, 6) is 1.69. The van der Waals surface area contributed by atoms with Gasteiger partial charge in [0.15, 0.2) is 0 Å². The molecule has 0 radical (unpaired) electrons. The number of ether oxygens (including phenoxy) is 1. The molecule has 2 rings (SSSR count). The van der Waals surface area contributed by atoms with Crippen molar-refractivity contribution in [2.24, 2.45) is 0 Å². The van der Waals surface area contributed by atoms with Gasteiger partial charge in [-0.3, -0.25) is 0 Å². The largest absolute Gasteiger partial charge is 0.497 e. The lowest BCUT2D eigenvalue weighted by atomic mass is 10.2.